The van der Waals surface area contributed by atoms with Crippen molar-refractivity contribution >= 4 is 21.5 Å². The second kappa shape index (κ2) is 12.9. The lowest BCUT2D eigenvalue weighted by molar-refractivity contribution is -0.137. The lowest BCUT2D eigenvalue weighted by atomic mass is 9.95. The Balaban J connectivity index is 1.46. The molecule has 4 rings (SSSR count). The molecule has 0 amide bonds. The molecule has 41 heavy (non-hydrogen) atoms. The van der Waals surface area contributed by atoms with Crippen LogP contribution in [0.4, 0.5) is 23.2 Å². The molecule has 0 saturated carbocycles. The van der Waals surface area contributed by atoms with Gasteiger partial charge in [-0.1, -0.05) is 12.1 Å². The maximum Gasteiger partial charge on any atom is 0.418 e. The molecule has 2 aliphatic heterocycles. The van der Waals surface area contributed by atoms with Gasteiger partial charge in [0.15, 0.2) is 9.84 Å². The summed E-state index contributed by atoms with van der Waals surface area (Å²) in [7, 11) is -4.05. The van der Waals surface area contributed by atoms with Gasteiger partial charge >= 0.3 is 12.1 Å². The van der Waals surface area contributed by atoms with Crippen LogP contribution in [0.15, 0.2) is 60.0 Å². The van der Waals surface area contributed by atoms with E-state index in [2.05, 4.69) is 11.9 Å². The number of nitrogens with one attached hydrogen (secondary N) is 1. The number of hydrogen-bond donors (Lipinski definition) is 1. The van der Waals surface area contributed by atoms with Crippen molar-refractivity contribution in [2.75, 3.05) is 44.2 Å². The van der Waals surface area contributed by atoms with E-state index in [0.29, 0.717) is 12.0 Å². The zero-order chi connectivity index (χ0) is 29.8. The van der Waals surface area contributed by atoms with Gasteiger partial charge in [0.05, 0.1) is 22.6 Å². The normalized spacial score (nSPS) is 20.0. The molecular weight excluding hydrogens is 562 g/mol. The molecule has 0 bridgehead atoms. The average molecular weight is 598 g/mol. The Morgan fingerprint density at radius 1 is 1.17 bits per heavy atom. The number of carbonyl (C=O) groups excluding carboxylic acids is 1. The number of rotatable bonds is 9. The van der Waals surface area contributed by atoms with Crippen LogP contribution >= 0.6 is 0 Å². The molecule has 0 aliphatic carbocycles. The number of benzene rings is 2. The van der Waals surface area contributed by atoms with Crippen LogP contribution in [0.25, 0.3) is 0 Å². The number of anilines is 1. The van der Waals surface area contributed by atoms with Crippen LogP contribution in [0.2, 0.25) is 0 Å². The van der Waals surface area contributed by atoms with Gasteiger partial charge in [-0.05, 0) is 81.6 Å². The Bertz CT molecular complexity index is 1350. The van der Waals surface area contributed by atoms with Crippen LogP contribution in [-0.4, -0.2) is 70.0 Å². The number of alkyl halides is 3. The molecule has 7 nitrogen and oxygen atoms in total. The molecule has 2 fully saturated rings. The fraction of sp³-hybridized carbons (Fsp3) is 0.483. The van der Waals surface area contributed by atoms with Crippen LogP contribution in [0, 0.1) is 11.7 Å². The van der Waals surface area contributed by atoms with Crippen LogP contribution in [0.1, 0.15) is 42.1 Å². The van der Waals surface area contributed by atoms with Crippen molar-refractivity contribution in [1.29, 1.82) is 0 Å². The van der Waals surface area contributed by atoms with Gasteiger partial charge in [-0.2, -0.15) is 13.2 Å². The number of carbonyl (C=O) groups is 1. The minimum atomic E-state index is -4.75. The third kappa shape index (κ3) is 7.28. The van der Waals surface area contributed by atoms with Crippen molar-refractivity contribution in [2.24, 2.45) is 5.92 Å². The number of hydrogen-bond acceptors (Lipinski definition) is 7. The molecule has 224 valence electrons. The predicted octanol–water partition coefficient (Wildman–Crippen LogP) is 4.89. The number of piperidine rings is 1. The van der Waals surface area contributed by atoms with Crippen molar-refractivity contribution < 1.29 is 35.5 Å². The van der Waals surface area contributed by atoms with Crippen molar-refractivity contribution in [1.82, 2.24) is 10.2 Å². The molecule has 0 radical (unpaired) electrons. The monoisotopic (exact) mass is 597 g/mol. The third-order valence-electron chi connectivity index (χ3n) is 7.75. The highest BCUT2D eigenvalue weighted by Gasteiger charge is 2.40. The van der Waals surface area contributed by atoms with Crippen LogP contribution < -0.4 is 10.2 Å². The number of piperazine rings is 1. The van der Waals surface area contributed by atoms with E-state index in [1.807, 2.05) is 0 Å². The molecule has 2 atom stereocenters. The molecule has 12 heteroatoms. The minimum Gasteiger partial charge on any atom is -0.462 e. The molecule has 2 heterocycles. The van der Waals surface area contributed by atoms with E-state index >= 15 is 0 Å². The molecule has 2 saturated heterocycles. The summed E-state index contributed by atoms with van der Waals surface area (Å²) in [5.41, 5.74) is -1.12. The van der Waals surface area contributed by atoms with E-state index in [0.717, 1.165) is 44.5 Å². The summed E-state index contributed by atoms with van der Waals surface area (Å²) in [6, 6.07) is 7.71. The molecule has 2 aliphatic rings. The summed E-state index contributed by atoms with van der Waals surface area (Å²) in [4.78, 5) is 15.7. The van der Waals surface area contributed by atoms with Crippen molar-refractivity contribution in [3.05, 3.63) is 72.1 Å². The summed E-state index contributed by atoms with van der Waals surface area (Å²) >= 11 is 0. The van der Waals surface area contributed by atoms with Gasteiger partial charge in [-0.15, -0.1) is 6.58 Å². The Hall–Kier alpha value is -2.96. The number of esters is 1. The summed E-state index contributed by atoms with van der Waals surface area (Å²) in [6.45, 7) is 7.85. The zero-order valence-corrected chi connectivity index (χ0v) is 23.7. The molecular formula is C29H35F4N3O4S. The lowest BCUT2D eigenvalue weighted by Gasteiger charge is -2.44. The van der Waals surface area contributed by atoms with E-state index in [4.69, 9.17) is 4.74 Å². The van der Waals surface area contributed by atoms with Gasteiger partial charge < -0.3 is 15.0 Å². The third-order valence-corrected chi connectivity index (χ3v) is 9.76. The van der Waals surface area contributed by atoms with Crippen molar-refractivity contribution in [3.63, 3.8) is 0 Å². The number of ether oxygens (including phenoxy) is 1. The Morgan fingerprint density at radius 2 is 1.90 bits per heavy atom. The predicted molar refractivity (Wildman–Crippen MR) is 148 cm³/mol. The molecule has 2 aromatic rings. The highest BCUT2D eigenvalue weighted by molar-refractivity contribution is 7.92. The van der Waals surface area contributed by atoms with Crippen LogP contribution in [-0.2, 0) is 20.8 Å². The molecule has 1 N–H and O–H groups in total. The standard InChI is InChI=1S/C29H35F4N3O4S/c1-3-27(36-15-14-35(19-20(36)2)26-8-7-23(30)18-25(26)29(31,32)33)41(38,39)24-6-4-5-22(17-24)28(37)40-16-11-21-9-12-34-13-10-21/h3-8,17-18,20-21,27,34H,1,9-16,19H2,2H3. The maximum atomic E-state index is 13.7. The first-order valence-electron chi connectivity index (χ1n) is 13.6. The summed E-state index contributed by atoms with van der Waals surface area (Å²) in [6.07, 6.45) is -0.673. The first kappa shape index (κ1) is 31.0. The second-order valence-corrected chi connectivity index (χ2v) is 12.6. The van der Waals surface area contributed by atoms with Crippen LogP contribution in [0.3, 0.4) is 0 Å². The van der Waals surface area contributed by atoms with Crippen LogP contribution in [0.5, 0.6) is 0 Å². The number of sulfone groups is 1. The summed E-state index contributed by atoms with van der Waals surface area (Å²) < 4.78 is 87.2. The first-order chi connectivity index (χ1) is 19.4. The van der Waals surface area contributed by atoms with Gasteiger partial charge in [-0.25, -0.2) is 17.6 Å². The molecule has 2 unspecified atom stereocenters. The van der Waals surface area contributed by atoms with Gasteiger partial charge in [0.2, 0.25) is 0 Å². The van der Waals surface area contributed by atoms with Gasteiger partial charge in [-0.3, -0.25) is 4.90 Å². The Kier molecular flexibility index (Phi) is 9.76. The Labute approximate surface area is 238 Å². The van der Waals surface area contributed by atoms with Gasteiger partial charge in [0.1, 0.15) is 11.2 Å². The minimum absolute atomic E-state index is 0.0808. The maximum absolute atomic E-state index is 13.7. The molecule has 0 spiro atoms. The van der Waals surface area contributed by atoms with E-state index in [9.17, 15) is 30.8 Å². The van der Waals surface area contributed by atoms with Crippen molar-refractivity contribution in [3.8, 4) is 0 Å². The highest BCUT2D eigenvalue weighted by Crippen LogP contribution is 2.38. The SMILES string of the molecule is C=CC(N1CCN(c2ccc(F)cc2C(F)(F)F)CC1C)S(=O)(=O)c1cccc(C(=O)OCCC2CCNCC2)c1. The summed E-state index contributed by atoms with van der Waals surface area (Å²) in [5, 5.41) is 2.11. The largest absolute Gasteiger partial charge is 0.462 e. The second-order valence-electron chi connectivity index (χ2n) is 10.5. The molecule has 0 aromatic heterocycles. The first-order valence-corrected chi connectivity index (χ1v) is 15.2. The number of nitrogens with zero attached hydrogens (tertiary/aromatic N) is 2. The highest BCUT2D eigenvalue weighted by atomic mass is 32.2. The quantitative estimate of drug-likeness (QED) is 0.251. The topological polar surface area (TPSA) is 79.0 Å². The summed E-state index contributed by atoms with van der Waals surface area (Å²) in [5.74, 6) is -1.11. The van der Waals surface area contributed by atoms with E-state index in [1.54, 1.807) is 11.8 Å². The fourth-order valence-electron chi connectivity index (χ4n) is 5.53. The van der Waals surface area contributed by atoms with E-state index in [-0.39, 0.29) is 42.4 Å². The lowest BCUT2D eigenvalue weighted by Crippen LogP contribution is -2.57. The van der Waals surface area contributed by atoms with E-state index < -0.39 is 44.8 Å². The van der Waals surface area contributed by atoms with Gasteiger partial charge in [0, 0.05) is 31.4 Å². The van der Waals surface area contributed by atoms with E-state index in [1.165, 1.54) is 35.2 Å². The average Bonchev–Trinajstić information content (AvgIpc) is 2.94. The number of halogens is 4. The smallest absolute Gasteiger partial charge is 0.418 e. The fourth-order valence-corrected chi connectivity index (χ4v) is 7.29. The Morgan fingerprint density at radius 3 is 2.56 bits per heavy atom. The van der Waals surface area contributed by atoms with Gasteiger partial charge in [0.25, 0.3) is 0 Å². The molecule has 2 aromatic carbocycles. The van der Waals surface area contributed by atoms with Crippen molar-refractivity contribution in [2.45, 2.75) is 48.7 Å². The zero-order valence-electron chi connectivity index (χ0n) is 22.9.